The van der Waals surface area contributed by atoms with E-state index in [9.17, 15) is 17.6 Å². The maximum atomic E-state index is 13.9. The van der Waals surface area contributed by atoms with E-state index in [1.54, 1.807) is 0 Å². The Kier molecular flexibility index (Phi) is 3.98. The normalized spacial score (nSPS) is 33.0. The summed E-state index contributed by atoms with van der Waals surface area (Å²) in [5.41, 5.74) is 4.21. The van der Waals surface area contributed by atoms with Crippen molar-refractivity contribution in [1.82, 2.24) is 0 Å². The van der Waals surface area contributed by atoms with E-state index in [-0.39, 0.29) is 18.9 Å². The molecule has 15 heavy (non-hydrogen) atoms. The van der Waals surface area contributed by atoms with Crippen LogP contribution < -0.4 is 5.73 Å². The highest BCUT2D eigenvalue weighted by molar-refractivity contribution is 4.87. The van der Waals surface area contributed by atoms with Crippen molar-refractivity contribution in [1.29, 1.82) is 0 Å². The molecule has 1 fully saturated rings. The minimum atomic E-state index is -4.17. The lowest BCUT2D eigenvalue weighted by Gasteiger charge is -2.32. The summed E-state index contributed by atoms with van der Waals surface area (Å²) in [6.07, 6.45) is -3.36. The first-order valence-corrected chi connectivity index (χ1v) is 5.32. The van der Waals surface area contributed by atoms with Gasteiger partial charge in [0.1, 0.15) is 5.67 Å². The largest absolute Gasteiger partial charge is 0.389 e. The monoisotopic (exact) mass is 227 g/mol. The quantitative estimate of drug-likeness (QED) is 0.735. The highest BCUT2D eigenvalue weighted by Gasteiger charge is 2.35. The molecule has 0 aromatic carbocycles. The molecule has 1 rings (SSSR count). The third kappa shape index (κ3) is 4.82. The van der Waals surface area contributed by atoms with Crippen LogP contribution in [0.15, 0.2) is 0 Å². The molecule has 0 unspecified atom stereocenters. The van der Waals surface area contributed by atoms with E-state index in [0.29, 0.717) is 25.7 Å². The fraction of sp³-hybridized carbons (Fsp3) is 1.00. The van der Waals surface area contributed by atoms with Gasteiger partial charge in [0.15, 0.2) is 0 Å². The van der Waals surface area contributed by atoms with Crippen molar-refractivity contribution in [3.05, 3.63) is 0 Å². The summed E-state index contributed by atoms with van der Waals surface area (Å²) in [6, 6.07) is 0.0245. The molecule has 0 heterocycles. The Morgan fingerprint density at radius 3 is 2.20 bits per heavy atom. The standard InChI is InChI=1S/C10H17F4N/c11-9(4-1-5-10(12,13)14)6-2-8(15)3-7-9/h8H,1-7,15H2. The average Bonchev–Trinajstić information content (AvgIpc) is 2.09. The van der Waals surface area contributed by atoms with Crippen molar-refractivity contribution >= 4 is 0 Å². The van der Waals surface area contributed by atoms with Gasteiger partial charge in [0, 0.05) is 12.5 Å². The predicted octanol–water partition coefficient (Wildman–Crippen LogP) is 3.33. The first-order valence-electron chi connectivity index (χ1n) is 5.32. The molecule has 0 bridgehead atoms. The summed E-state index contributed by atoms with van der Waals surface area (Å²) in [5.74, 6) is 0. The summed E-state index contributed by atoms with van der Waals surface area (Å²) in [7, 11) is 0. The van der Waals surface area contributed by atoms with Crippen molar-refractivity contribution < 1.29 is 17.6 Å². The number of halogens is 4. The molecule has 1 nitrogen and oxygen atoms in total. The zero-order chi connectivity index (χ0) is 11.5. The number of hydrogen-bond acceptors (Lipinski definition) is 1. The molecule has 90 valence electrons. The van der Waals surface area contributed by atoms with Crippen molar-refractivity contribution in [2.75, 3.05) is 0 Å². The van der Waals surface area contributed by atoms with Crippen LogP contribution in [0.2, 0.25) is 0 Å². The van der Waals surface area contributed by atoms with Gasteiger partial charge in [0.05, 0.1) is 0 Å². The fourth-order valence-electron chi connectivity index (χ4n) is 2.01. The molecular formula is C10H17F4N. The van der Waals surface area contributed by atoms with Crippen LogP contribution in [0.3, 0.4) is 0 Å². The lowest BCUT2D eigenvalue weighted by molar-refractivity contribution is -0.137. The molecule has 0 radical (unpaired) electrons. The molecule has 0 saturated heterocycles. The highest BCUT2D eigenvalue weighted by Crippen LogP contribution is 2.36. The Hall–Kier alpha value is -0.320. The molecule has 0 aliphatic heterocycles. The number of alkyl halides is 4. The van der Waals surface area contributed by atoms with Crippen molar-refractivity contribution in [3.8, 4) is 0 Å². The van der Waals surface area contributed by atoms with Gasteiger partial charge >= 0.3 is 6.18 Å². The molecule has 0 atom stereocenters. The van der Waals surface area contributed by atoms with Gasteiger partial charge in [-0.25, -0.2) is 4.39 Å². The Morgan fingerprint density at radius 1 is 1.20 bits per heavy atom. The lowest BCUT2D eigenvalue weighted by Crippen LogP contribution is -2.35. The smallest absolute Gasteiger partial charge is 0.328 e. The van der Waals surface area contributed by atoms with Crippen LogP contribution in [0.25, 0.3) is 0 Å². The fourth-order valence-corrected chi connectivity index (χ4v) is 2.01. The van der Waals surface area contributed by atoms with Gasteiger partial charge in [-0.05, 0) is 38.5 Å². The summed E-state index contributed by atoms with van der Waals surface area (Å²) in [6.45, 7) is 0. The average molecular weight is 227 g/mol. The minimum Gasteiger partial charge on any atom is -0.328 e. The summed E-state index contributed by atoms with van der Waals surface area (Å²) in [4.78, 5) is 0. The molecule has 2 N–H and O–H groups in total. The molecule has 0 aromatic heterocycles. The van der Waals surface area contributed by atoms with Gasteiger partial charge in [-0.3, -0.25) is 0 Å². The zero-order valence-corrected chi connectivity index (χ0v) is 8.62. The molecule has 1 aliphatic rings. The summed E-state index contributed by atoms with van der Waals surface area (Å²) < 4.78 is 49.5. The topological polar surface area (TPSA) is 26.0 Å². The number of hydrogen-bond donors (Lipinski definition) is 1. The van der Waals surface area contributed by atoms with Crippen LogP contribution in [-0.2, 0) is 0 Å². The lowest BCUT2D eigenvalue weighted by atomic mass is 9.81. The second-order valence-electron chi connectivity index (χ2n) is 4.46. The van der Waals surface area contributed by atoms with Gasteiger partial charge < -0.3 is 5.73 Å². The van der Waals surface area contributed by atoms with Crippen molar-refractivity contribution in [2.24, 2.45) is 5.73 Å². The molecule has 1 aliphatic carbocycles. The van der Waals surface area contributed by atoms with Crippen LogP contribution >= 0.6 is 0 Å². The summed E-state index contributed by atoms with van der Waals surface area (Å²) >= 11 is 0. The number of rotatable bonds is 3. The molecule has 5 heteroatoms. The molecule has 0 spiro atoms. The van der Waals surface area contributed by atoms with Gasteiger partial charge in [0.25, 0.3) is 0 Å². The molecular weight excluding hydrogens is 210 g/mol. The van der Waals surface area contributed by atoms with Crippen molar-refractivity contribution in [3.63, 3.8) is 0 Å². The third-order valence-corrected chi connectivity index (χ3v) is 3.01. The second kappa shape index (κ2) is 4.68. The molecule has 0 amide bonds. The Balaban J connectivity index is 2.25. The molecule has 0 aromatic rings. The first kappa shape index (κ1) is 12.7. The molecule has 1 saturated carbocycles. The van der Waals surface area contributed by atoms with Crippen LogP contribution in [0.4, 0.5) is 17.6 Å². The summed E-state index contributed by atoms with van der Waals surface area (Å²) in [5, 5.41) is 0. The van der Waals surface area contributed by atoms with Crippen LogP contribution in [0.1, 0.15) is 44.9 Å². The first-order chi connectivity index (χ1) is 6.81. The Bertz CT molecular complexity index is 194. The van der Waals surface area contributed by atoms with Gasteiger partial charge in [0.2, 0.25) is 0 Å². The Labute approximate surface area is 87.0 Å². The second-order valence-corrected chi connectivity index (χ2v) is 4.46. The van der Waals surface area contributed by atoms with Gasteiger partial charge in [-0.1, -0.05) is 0 Å². The maximum absolute atomic E-state index is 13.9. The van der Waals surface area contributed by atoms with E-state index >= 15 is 0 Å². The van der Waals surface area contributed by atoms with E-state index in [4.69, 9.17) is 5.73 Å². The van der Waals surface area contributed by atoms with E-state index < -0.39 is 18.3 Å². The van der Waals surface area contributed by atoms with E-state index in [0.717, 1.165) is 0 Å². The number of nitrogens with two attached hydrogens (primary N) is 1. The van der Waals surface area contributed by atoms with Gasteiger partial charge in [-0.15, -0.1) is 0 Å². The zero-order valence-electron chi connectivity index (χ0n) is 8.62. The van der Waals surface area contributed by atoms with Crippen LogP contribution in [0.5, 0.6) is 0 Å². The van der Waals surface area contributed by atoms with E-state index in [2.05, 4.69) is 0 Å². The van der Waals surface area contributed by atoms with Crippen molar-refractivity contribution in [2.45, 2.75) is 62.8 Å². The van der Waals surface area contributed by atoms with E-state index in [1.807, 2.05) is 0 Å². The van der Waals surface area contributed by atoms with Crippen LogP contribution in [0, 0.1) is 0 Å². The third-order valence-electron chi connectivity index (χ3n) is 3.01. The van der Waals surface area contributed by atoms with Crippen LogP contribution in [-0.4, -0.2) is 17.9 Å². The minimum absolute atomic E-state index is 0.0131. The Morgan fingerprint density at radius 2 is 1.73 bits per heavy atom. The predicted molar refractivity (Wildman–Crippen MR) is 50.2 cm³/mol. The van der Waals surface area contributed by atoms with E-state index in [1.165, 1.54) is 0 Å². The van der Waals surface area contributed by atoms with Gasteiger partial charge in [-0.2, -0.15) is 13.2 Å². The highest BCUT2D eigenvalue weighted by atomic mass is 19.4. The maximum Gasteiger partial charge on any atom is 0.389 e. The SMILES string of the molecule is NC1CCC(F)(CCCC(F)(F)F)CC1.